The number of nitrogens with zero attached hydrogens (tertiary/aromatic N) is 4. The maximum absolute atomic E-state index is 12.8. The van der Waals surface area contributed by atoms with E-state index >= 15 is 0 Å². The largest absolute Gasteiger partial charge is 0.504 e. The van der Waals surface area contributed by atoms with E-state index in [0.29, 0.717) is 18.2 Å². The SMILES string of the molecule is CC(C)C.N#C[C@@H]1C[C@H](C(=O)Nc2ncc(F)cc2O)CN1C=O.O=C(NCC(=O)N1CC2CCCCC2C1)C1CC1(F)F.[HH]. The van der Waals surface area contributed by atoms with Crippen LogP contribution in [0.1, 0.15) is 60.7 Å². The molecule has 0 radical (unpaired) electrons. The van der Waals surface area contributed by atoms with Gasteiger partial charge >= 0.3 is 0 Å². The molecule has 4 fully saturated rings. The van der Waals surface area contributed by atoms with Crippen molar-refractivity contribution in [1.82, 2.24) is 20.1 Å². The minimum atomic E-state index is -2.87. The zero-order valence-electron chi connectivity index (χ0n) is 25.3. The molecular weight excluding hydrogens is 581 g/mol. The quantitative estimate of drug-likeness (QED) is 0.409. The summed E-state index contributed by atoms with van der Waals surface area (Å²) in [4.78, 5) is 52.7. The maximum Gasteiger partial charge on any atom is 0.260 e. The summed E-state index contributed by atoms with van der Waals surface area (Å²) < 4.78 is 38.2. The molecule has 2 aliphatic heterocycles. The summed E-state index contributed by atoms with van der Waals surface area (Å²) in [7, 11) is 0. The van der Waals surface area contributed by atoms with Crippen molar-refractivity contribution in [2.75, 3.05) is 31.5 Å². The van der Waals surface area contributed by atoms with Crippen molar-refractivity contribution in [3.05, 3.63) is 18.1 Å². The average molecular weight is 625 g/mol. The summed E-state index contributed by atoms with van der Waals surface area (Å²) in [6, 6.07) is 2.12. The molecule has 44 heavy (non-hydrogen) atoms. The molecule has 3 heterocycles. The number of hydrogen-bond donors (Lipinski definition) is 3. The van der Waals surface area contributed by atoms with Gasteiger partial charge in [-0.15, -0.1) is 0 Å². The smallest absolute Gasteiger partial charge is 0.260 e. The fraction of sp³-hybridized carbons (Fsp3) is 0.667. The van der Waals surface area contributed by atoms with Gasteiger partial charge in [-0.3, -0.25) is 19.2 Å². The maximum atomic E-state index is 12.8. The third kappa shape index (κ3) is 9.56. The second kappa shape index (κ2) is 15.2. The van der Waals surface area contributed by atoms with Gasteiger partial charge in [0.1, 0.15) is 17.8 Å². The molecule has 4 aliphatic rings. The van der Waals surface area contributed by atoms with Crippen LogP contribution in [0.25, 0.3) is 0 Å². The number of carbonyl (C=O) groups excluding carboxylic acids is 4. The molecule has 5 atom stereocenters. The first-order valence-electron chi connectivity index (χ1n) is 14.9. The molecule has 1 aromatic rings. The van der Waals surface area contributed by atoms with Gasteiger partial charge in [0.15, 0.2) is 11.6 Å². The van der Waals surface area contributed by atoms with E-state index in [0.717, 1.165) is 31.3 Å². The van der Waals surface area contributed by atoms with Crippen LogP contribution >= 0.6 is 0 Å². The Bertz CT molecular complexity index is 1230. The monoisotopic (exact) mass is 624 g/mol. The summed E-state index contributed by atoms with van der Waals surface area (Å²) in [5, 5.41) is 23.0. The number of carbonyl (C=O) groups is 4. The Morgan fingerprint density at radius 2 is 1.77 bits per heavy atom. The van der Waals surface area contributed by atoms with Crippen LogP contribution in [0, 0.1) is 46.7 Å². The van der Waals surface area contributed by atoms with Crippen LogP contribution in [0.5, 0.6) is 5.75 Å². The normalized spacial score (nSPS) is 26.2. The Kier molecular flexibility index (Phi) is 12.0. The van der Waals surface area contributed by atoms with E-state index in [2.05, 4.69) is 36.4 Å². The van der Waals surface area contributed by atoms with Crippen LogP contribution < -0.4 is 10.6 Å². The number of aromatic hydroxyl groups is 1. The second-order valence-electron chi connectivity index (χ2n) is 12.5. The summed E-state index contributed by atoms with van der Waals surface area (Å²) >= 11 is 0. The second-order valence-corrected chi connectivity index (χ2v) is 12.5. The number of pyridine rings is 1. The lowest BCUT2D eigenvalue weighted by molar-refractivity contribution is -0.133. The van der Waals surface area contributed by atoms with E-state index in [1.165, 1.54) is 30.6 Å². The standard InChI is InChI=1S/C14H20F2N2O2.C12H11FN4O3.C4H10.H2/c15-14(16)5-11(14)13(20)17-6-12(19)18-7-9-3-1-2-4-10(9)8-18;13-8-2-10(19)11(15-4-8)16-12(20)7-1-9(3-14)17(5-7)6-18;1-4(2)3;/h9-11H,1-8H2,(H,17,20);2,4,6-7,9,19H,1,5H2,(H,15,16,20);4H,1-3H3;1H/t;7-,9-;;/m.0../s1. The molecule has 0 aromatic carbocycles. The Morgan fingerprint density at radius 3 is 2.25 bits per heavy atom. The molecule has 3 unspecified atom stereocenters. The number of rotatable bonds is 6. The van der Waals surface area contributed by atoms with E-state index in [-0.39, 0.29) is 39.1 Å². The van der Waals surface area contributed by atoms with Gasteiger partial charge in [0.05, 0.1) is 24.7 Å². The van der Waals surface area contributed by atoms with Gasteiger partial charge in [0, 0.05) is 33.5 Å². The first-order valence-corrected chi connectivity index (χ1v) is 14.9. The van der Waals surface area contributed by atoms with Crippen molar-refractivity contribution in [3.8, 4) is 11.8 Å². The Balaban J connectivity index is 0.000000275. The molecule has 244 valence electrons. The predicted octanol–water partition coefficient (Wildman–Crippen LogP) is 3.55. The zero-order valence-corrected chi connectivity index (χ0v) is 25.3. The number of anilines is 1. The minimum absolute atomic E-state index is 0. The number of halogens is 3. The number of aromatic nitrogens is 1. The predicted molar refractivity (Wildman–Crippen MR) is 155 cm³/mol. The topological polar surface area (TPSA) is 156 Å². The van der Waals surface area contributed by atoms with Crippen molar-refractivity contribution in [2.45, 2.75) is 71.3 Å². The first kappa shape index (κ1) is 34.6. The molecule has 3 N–H and O–H groups in total. The number of hydrogen-bond acceptors (Lipinski definition) is 7. The number of nitriles is 1. The van der Waals surface area contributed by atoms with Gasteiger partial charge in [-0.2, -0.15) is 5.26 Å². The summed E-state index contributed by atoms with van der Waals surface area (Å²) in [5.41, 5.74) is 0. The summed E-state index contributed by atoms with van der Waals surface area (Å²) in [6.07, 6.45) is 6.02. The molecule has 4 amide bonds. The van der Waals surface area contributed by atoms with Crippen molar-refractivity contribution in [3.63, 3.8) is 0 Å². The Hall–Kier alpha value is -3.89. The third-order valence-electron chi connectivity index (χ3n) is 7.96. The fourth-order valence-electron chi connectivity index (χ4n) is 5.54. The highest BCUT2D eigenvalue weighted by atomic mass is 19.3. The van der Waals surface area contributed by atoms with Gasteiger partial charge in [0.25, 0.3) is 5.92 Å². The highest BCUT2D eigenvalue weighted by Gasteiger charge is 2.61. The van der Waals surface area contributed by atoms with Crippen LogP contribution in [0.15, 0.2) is 12.3 Å². The molecule has 5 rings (SSSR count). The van der Waals surface area contributed by atoms with Gasteiger partial charge in [-0.1, -0.05) is 33.6 Å². The van der Waals surface area contributed by atoms with Crippen LogP contribution in [0.3, 0.4) is 0 Å². The van der Waals surface area contributed by atoms with Crippen molar-refractivity contribution < 1.29 is 38.9 Å². The molecule has 0 bridgehead atoms. The van der Waals surface area contributed by atoms with Crippen LogP contribution in [-0.2, 0) is 19.2 Å². The van der Waals surface area contributed by atoms with E-state index in [4.69, 9.17) is 5.26 Å². The molecular formula is C30H43F3N6O5. The lowest BCUT2D eigenvalue weighted by atomic mass is 9.82. The highest BCUT2D eigenvalue weighted by Crippen LogP contribution is 2.48. The number of likely N-dealkylation sites (tertiary alicyclic amines) is 2. The molecule has 14 heteroatoms. The summed E-state index contributed by atoms with van der Waals surface area (Å²) in [6.45, 7) is 8.00. The number of alkyl halides is 2. The lowest BCUT2D eigenvalue weighted by Gasteiger charge is -2.22. The third-order valence-corrected chi connectivity index (χ3v) is 7.96. The first-order chi connectivity index (χ1) is 20.7. The zero-order chi connectivity index (χ0) is 32.6. The van der Waals surface area contributed by atoms with Gasteiger partial charge in [-0.25, -0.2) is 18.2 Å². The Morgan fingerprint density at radius 1 is 1.18 bits per heavy atom. The Labute approximate surface area is 256 Å². The lowest BCUT2D eigenvalue weighted by Crippen LogP contribution is -2.40. The summed E-state index contributed by atoms with van der Waals surface area (Å²) in [5.74, 6) is -5.33. The fourth-order valence-corrected chi connectivity index (χ4v) is 5.54. The number of amides is 4. The number of nitrogens with one attached hydrogen (secondary N) is 2. The molecule has 2 saturated heterocycles. The van der Waals surface area contributed by atoms with E-state index < -0.39 is 47.2 Å². The average Bonchev–Trinajstić information content (AvgIpc) is 3.31. The molecule has 2 saturated carbocycles. The van der Waals surface area contributed by atoms with Gasteiger partial charge < -0.3 is 25.5 Å². The highest BCUT2D eigenvalue weighted by molar-refractivity contribution is 5.93. The molecule has 11 nitrogen and oxygen atoms in total. The van der Waals surface area contributed by atoms with E-state index in [1.54, 1.807) is 4.90 Å². The molecule has 1 aromatic heterocycles. The van der Waals surface area contributed by atoms with E-state index in [1.807, 2.05) is 6.07 Å². The number of fused-ring (bicyclic) bond motifs is 1. The van der Waals surface area contributed by atoms with Crippen LogP contribution in [-0.4, -0.2) is 82.2 Å². The van der Waals surface area contributed by atoms with Crippen LogP contribution in [0.2, 0.25) is 0 Å². The van der Waals surface area contributed by atoms with Gasteiger partial charge in [0.2, 0.25) is 24.1 Å². The van der Waals surface area contributed by atoms with Crippen molar-refractivity contribution in [1.29, 1.82) is 5.26 Å². The minimum Gasteiger partial charge on any atom is -0.504 e. The molecule has 2 aliphatic carbocycles. The van der Waals surface area contributed by atoms with Crippen molar-refractivity contribution in [2.24, 2.45) is 29.6 Å². The van der Waals surface area contributed by atoms with Gasteiger partial charge in [-0.05, 0) is 37.0 Å². The van der Waals surface area contributed by atoms with Crippen molar-refractivity contribution >= 4 is 29.9 Å². The van der Waals surface area contributed by atoms with E-state index in [9.17, 15) is 37.5 Å². The molecule has 0 spiro atoms. The van der Waals surface area contributed by atoms with Crippen LogP contribution in [0.4, 0.5) is 19.0 Å².